The molecule has 3 N–H and O–H groups in total. The van der Waals surface area contributed by atoms with Gasteiger partial charge in [0.05, 0.1) is 11.3 Å². The minimum absolute atomic E-state index is 0.209. The van der Waals surface area contributed by atoms with Gasteiger partial charge in [-0.1, -0.05) is 54.2 Å². The van der Waals surface area contributed by atoms with Crippen molar-refractivity contribution in [3.63, 3.8) is 0 Å². The summed E-state index contributed by atoms with van der Waals surface area (Å²) in [6, 6.07) is 26.4. The maximum absolute atomic E-state index is 13.5. The van der Waals surface area contributed by atoms with Crippen LogP contribution in [-0.2, 0) is 0 Å². The fraction of sp³-hybridized carbons (Fsp3) is 0. The second-order valence-electron chi connectivity index (χ2n) is 7.56. The molecule has 6 heteroatoms. The SMILES string of the molecule is Nc1ccc(C(=O)Nc2cccc3c2C(=O)c2cccc(Sc4ccccc4)c2C3=O)cc1. The highest BCUT2D eigenvalue weighted by atomic mass is 32.2. The highest BCUT2D eigenvalue weighted by Gasteiger charge is 2.34. The third kappa shape index (κ3) is 3.81. The highest BCUT2D eigenvalue weighted by molar-refractivity contribution is 7.99. The number of fused-ring (bicyclic) bond motifs is 2. The first-order chi connectivity index (χ1) is 16.0. The molecule has 0 aliphatic heterocycles. The Hall–Kier alpha value is -4.16. The fourth-order valence-electron chi connectivity index (χ4n) is 3.84. The Morgan fingerprint density at radius 1 is 0.697 bits per heavy atom. The van der Waals surface area contributed by atoms with E-state index in [9.17, 15) is 14.4 Å². The summed E-state index contributed by atoms with van der Waals surface area (Å²) in [6.45, 7) is 0. The van der Waals surface area contributed by atoms with Gasteiger partial charge in [0.1, 0.15) is 0 Å². The van der Waals surface area contributed by atoms with Crippen molar-refractivity contribution in [2.24, 2.45) is 0 Å². The summed E-state index contributed by atoms with van der Waals surface area (Å²) in [7, 11) is 0. The third-order valence-electron chi connectivity index (χ3n) is 5.43. The maximum Gasteiger partial charge on any atom is 0.255 e. The summed E-state index contributed by atoms with van der Waals surface area (Å²) < 4.78 is 0. The van der Waals surface area contributed by atoms with Gasteiger partial charge in [0.25, 0.3) is 5.91 Å². The molecule has 1 aliphatic carbocycles. The van der Waals surface area contributed by atoms with Crippen molar-refractivity contribution in [1.82, 2.24) is 0 Å². The Morgan fingerprint density at radius 2 is 1.33 bits per heavy atom. The summed E-state index contributed by atoms with van der Waals surface area (Å²) in [4.78, 5) is 41.5. The van der Waals surface area contributed by atoms with Gasteiger partial charge in [0, 0.05) is 37.7 Å². The Morgan fingerprint density at radius 3 is 2.06 bits per heavy atom. The van der Waals surface area contributed by atoms with Crippen molar-refractivity contribution in [2.45, 2.75) is 9.79 Å². The van der Waals surface area contributed by atoms with E-state index >= 15 is 0 Å². The van der Waals surface area contributed by atoms with E-state index in [0.29, 0.717) is 28.1 Å². The molecule has 0 unspecified atom stereocenters. The molecular weight excluding hydrogens is 432 g/mol. The lowest BCUT2D eigenvalue weighted by Crippen LogP contribution is -2.24. The number of carbonyl (C=O) groups excluding carboxylic acids is 3. The smallest absolute Gasteiger partial charge is 0.255 e. The molecule has 0 spiro atoms. The molecule has 0 aromatic heterocycles. The van der Waals surface area contributed by atoms with Gasteiger partial charge in [-0.2, -0.15) is 0 Å². The van der Waals surface area contributed by atoms with E-state index in [0.717, 1.165) is 9.79 Å². The van der Waals surface area contributed by atoms with Crippen LogP contribution in [0.25, 0.3) is 0 Å². The van der Waals surface area contributed by atoms with Crippen molar-refractivity contribution in [2.75, 3.05) is 11.1 Å². The largest absolute Gasteiger partial charge is 0.399 e. The van der Waals surface area contributed by atoms with Gasteiger partial charge >= 0.3 is 0 Å². The number of benzene rings is 4. The molecule has 5 rings (SSSR count). The Bertz CT molecular complexity index is 1410. The Balaban J connectivity index is 1.54. The molecule has 5 nitrogen and oxygen atoms in total. The number of amides is 1. The number of carbonyl (C=O) groups is 3. The van der Waals surface area contributed by atoms with Gasteiger partial charge in [-0.3, -0.25) is 14.4 Å². The van der Waals surface area contributed by atoms with Crippen LogP contribution in [0.3, 0.4) is 0 Å². The van der Waals surface area contributed by atoms with Gasteiger partial charge in [-0.15, -0.1) is 0 Å². The second-order valence-corrected chi connectivity index (χ2v) is 8.67. The van der Waals surface area contributed by atoms with Gasteiger partial charge in [0.15, 0.2) is 11.6 Å². The number of anilines is 2. The number of nitrogens with two attached hydrogens (primary N) is 1. The van der Waals surface area contributed by atoms with Gasteiger partial charge in [-0.25, -0.2) is 0 Å². The molecule has 1 aliphatic rings. The van der Waals surface area contributed by atoms with Gasteiger partial charge in [-0.05, 0) is 48.5 Å². The van der Waals surface area contributed by atoms with Crippen molar-refractivity contribution >= 4 is 40.6 Å². The van der Waals surface area contributed by atoms with E-state index in [1.807, 2.05) is 36.4 Å². The lowest BCUT2D eigenvalue weighted by Gasteiger charge is -2.22. The molecule has 0 heterocycles. The summed E-state index contributed by atoms with van der Waals surface area (Å²) in [5.41, 5.74) is 8.17. The van der Waals surface area contributed by atoms with E-state index < -0.39 is 0 Å². The molecule has 4 aromatic rings. The standard InChI is InChI=1S/C27H18N2O3S/c28-17-14-12-16(13-15-17)27(32)29-21-10-4-8-19-23(21)25(30)20-9-5-11-22(24(20)26(19)31)33-18-6-2-1-3-7-18/h1-15H,28H2,(H,29,32). The number of nitrogen functional groups attached to an aromatic ring is 1. The first kappa shape index (κ1) is 20.7. The zero-order valence-corrected chi connectivity index (χ0v) is 18.2. The number of ketones is 2. The molecule has 33 heavy (non-hydrogen) atoms. The first-order valence-corrected chi connectivity index (χ1v) is 11.1. The number of hydrogen-bond acceptors (Lipinski definition) is 5. The molecular formula is C27H18N2O3S. The molecule has 0 saturated heterocycles. The van der Waals surface area contributed by atoms with Crippen LogP contribution in [0.5, 0.6) is 0 Å². The molecule has 0 fully saturated rings. The van der Waals surface area contributed by atoms with Crippen molar-refractivity contribution in [3.05, 3.63) is 119 Å². The topological polar surface area (TPSA) is 89.3 Å². The summed E-state index contributed by atoms with van der Waals surface area (Å²) >= 11 is 1.44. The van der Waals surface area contributed by atoms with Crippen LogP contribution >= 0.6 is 11.8 Å². The van der Waals surface area contributed by atoms with Crippen LogP contribution in [0.15, 0.2) is 101 Å². The quantitative estimate of drug-likeness (QED) is 0.356. The summed E-state index contributed by atoms with van der Waals surface area (Å²) in [5, 5.41) is 2.78. The first-order valence-electron chi connectivity index (χ1n) is 10.3. The normalized spacial score (nSPS) is 12.1. The maximum atomic E-state index is 13.5. The Labute approximate surface area is 194 Å². The van der Waals surface area contributed by atoms with E-state index in [1.165, 1.54) is 11.8 Å². The fourth-order valence-corrected chi connectivity index (χ4v) is 4.84. The van der Waals surface area contributed by atoms with Crippen LogP contribution in [0, 0.1) is 0 Å². The van der Waals surface area contributed by atoms with E-state index in [-0.39, 0.29) is 28.6 Å². The Kier molecular flexibility index (Phi) is 5.28. The van der Waals surface area contributed by atoms with Crippen LogP contribution < -0.4 is 11.1 Å². The second kappa shape index (κ2) is 8.41. The molecule has 1 amide bonds. The van der Waals surface area contributed by atoms with E-state index in [2.05, 4.69) is 5.32 Å². The lowest BCUT2D eigenvalue weighted by atomic mass is 9.83. The zero-order valence-electron chi connectivity index (χ0n) is 17.4. The van der Waals surface area contributed by atoms with E-state index in [4.69, 9.17) is 5.73 Å². The molecule has 4 aromatic carbocycles. The number of nitrogens with one attached hydrogen (secondary N) is 1. The number of rotatable bonds is 4. The van der Waals surface area contributed by atoms with Crippen LogP contribution in [0.4, 0.5) is 11.4 Å². The minimum Gasteiger partial charge on any atom is -0.399 e. The van der Waals surface area contributed by atoms with E-state index in [1.54, 1.807) is 54.6 Å². The molecule has 0 atom stereocenters. The monoisotopic (exact) mass is 450 g/mol. The van der Waals surface area contributed by atoms with Crippen LogP contribution in [0.1, 0.15) is 42.2 Å². The predicted molar refractivity (Wildman–Crippen MR) is 129 cm³/mol. The van der Waals surface area contributed by atoms with Crippen LogP contribution in [-0.4, -0.2) is 17.5 Å². The molecule has 160 valence electrons. The molecule has 0 saturated carbocycles. The minimum atomic E-state index is -0.386. The van der Waals surface area contributed by atoms with Crippen molar-refractivity contribution < 1.29 is 14.4 Å². The summed E-state index contributed by atoms with van der Waals surface area (Å²) in [6.07, 6.45) is 0. The summed E-state index contributed by atoms with van der Waals surface area (Å²) in [5.74, 6) is -0.909. The third-order valence-corrected chi connectivity index (χ3v) is 6.49. The number of hydrogen-bond donors (Lipinski definition) is 2. The van der Waals surface area contributed by atoms with Crippen molar-refractivity contribution in [3.8, 4) is 0 Å². The predicted octanol–water partition coefficient (Wildman–Crippen LogP) is 5.45. The highest BCUT2D eigenvalue weighted by Crippen LogP contribution is 2.39. The average Bonchev–Trinajstić information content (AvgIpc) is 2.83. The molecule has 0 radical (unpaired) electrons. The van der Waals surface area contributed by atoms with Gasteiger partial charge < -0.3 is 11.1 Å². The zero-order chi connectivity index (χ0) is 22.9. The van der Waals surface area contributed by atoms with Gasteiger partial charge in [0.2, 0.25) is 0 Å². The average molecular weight is 451 g/mol. The van der Waals surface area contributed by atoms with Crippen molar-refractivity contribution in [1.29, 1.82) is 0 Å². The molecule has 0 bridgehead atoms. The van der Waals surface area contributed by atoms with Crippen LogP contribution in [0.2, 0.25) is 0 Å². The lowest BCUT2D eigenvalue weighted by molar-refractivity contribution is 0.0976.